The van der Waals surface area contributed by atoms with E-state index < -0.39 is 5.41 Å². The molecule has 3 N–H and O–H groups in total. The van der Waals surface area contributed by atoms with Crippen molar-refractivity contribution in [3.05, 3.63) is 0 Å². The molecule has 8 heteroatoms. The maximum atomic E-state index is 12.6. The molecule has 2 amide bonds. The molecule has 1 saturated carbocycles. The van der Waals surface area contributed by atoms with Crippen molar-refractivity contribution in [2.24, 2.45) is 16.1 Å². The summed E-state index contributed by atoms with van der Waals surface area (Å²) in [6, 6.07) is 0.188. The first-order valence-electron chi connectivity index (χ1n) is 9.58. The molecule has 1 aliphatic heterocycles. The van der Waals surface area contributed by atoms with Gasteiger partial charge in [-0.1, -0.05) is 12.8 Å². The number of amides is 2. The molecule has 1 saturated heterocycles. The van der Waals surface area contributed by atoms with Crippen LogP contribution in [0.5, 0.6) is 0 Å². The number of guanidine groups is 1. The zero-order valence-corrected chi connectivity index (χ0v) is 16.3. The SMILES string of the molecule is CCOC(=O)N1CCC(NC(N)=NCC2(C(=O)N(C)C)CCCC2)CC1. The van der Waals surface area contributed by atoms with Gasteiger partial charge >= 0.3 is 6.09 Å². The smallest absolute Gasteiger partial charge is 0.409 e. The molecule has 8 nitrogen and oxygen atoms in total. The van der Waals surface area contributed by atoms with E-state index in [1.807, 2.05) is 6.92 Å². The number of hydrogen-bond acceptors (Lipinski definition) is 4. The van der Waals surface area contributed by atoms with Gasteiger partial charge in [-0.15, -0.1) is 0 Å². The first-order chi connectivity index (χ1) is 12.4. The Hall–Kier alpha value is -1.99. The average molecular weight is 367 g/mol. The summed E-state index contributed by atoms with van der Waals surface area (Å²) in [6.45, 7) is 3.93. The molecule has 26 heavy (non-hydrogen) atoms. The quantitative estimate of drug-likeness (QED) is 0.561. The summed E-state index contributed by atoms with van der Waals surface area (Å²) >= 11 is 0. The molecule has 0 atom stereocenters. The van der Waals surface area contributed by atoms with Gasteiger partial charge in [0.25, 0.3) is 0 Å². The Bertz CT molecular complexity index is 521. The molecule has 0 unspecified atom stereocenters. The highest BCUT2D eigenvalue weighted by Crippen LogP contribution is 2.39. The van der Waals surface area contributed by atoms with E-state index in [4.69, 9.17) is 10.5 Å². The first-order valence-corrected chi connectivity index (χ1v) is 9.58. The van der Waals surface area contributed by atoms with E-state index in [2.05, 4.69) is 10.3 Å². The van der Waals surface area contributed by atoms with E-state index >= 15 is 0 Å². The van der Waals surface area contributed by atoms with E-state index in [0.717, 1.165) is 38.5 Å². The third kappa shape index (κ3) is 5.02. The molecule has 0 spiro atoms. The third-order valence-electron chi connectivity index (χ3n) is 5.35. The van der Waals surface area contributed by atoms with Crippen LogP contribution in [0.2, 0.25) is 0 Å². The number of rotatable bonds is 5. The summed E-state index contributed by atoms with van der Waals surface area (Å²) in [7, 11) is 3.59. The van der Waals surface area contributed by atoms with Crippen molar-refractivity contribution in [2.45, 2.75) is 51.5 Å². The molecule has 0 radical (unpaired) electrons. The topological polar surface area (TPSA) is 100 Å². The van der Waals surface area contributed by atoms with E-state index in [0.29, 0.717) is 32.2 Å². The molecule has 0 bridgehead atoms. The minimum Gasteiger partial charge on any atom is -0.450 e. The highest BCUT2D eigenvalue weighted by atomic mass is 16.6. The zero-order valence-electron chi connectivity index (χ0n) is 16.3. The Kier molecular flexibility index (Phi) is 7.11. The number of aliphatic imine (C=N–C) groups is 1. The van der Waals surface area contributed by atoms with Gasteiger partial charge in [0.15, 0.2) is 5.96 Å². The Labute approximate surface area is 156 Å². The second-order valence-corrected chi connectivity index (χ2v) is 7.49. The van der Waals surface area contributed by atoms with Crippen molar-refractivity contribution >= 4 is 18.0 Å². The molecule has 148 valence electrons. The summed E-state index contributed by atoms with van der Waals surface area (Å²) in [4.78, 5) is 32.2. The lowest BCUT2D eigenvalue weighted by Crippen LogP contribution is -2.49. The second-order valence-electron chi connectivity index (χ2n) is 7.49. The molecule has 2 aliphatic rings. The summed E-state index contributed by atoms with van der Waals surface area (Å²) < 4.78 is 5.03. The fourth-order valence-electron chi connectivity index (χ4n) is 3.88. The lowest BCUT2D eigenvalue weighted by atomic mass is 9.85. The van der Waals surface area contributed by atoms with E-state index in [1.165, 1.54) is 0 Å². The molecule has 0 aromatic rings. The molecule has 2 fully saturated rings. The fourth-order valence-corrected chi connectivity index (χ4v) is 3.88. The Balaban J connectivity index is 1.85. The van der Waals surface area contributed by atoms with Gasteiger partial charge in [0.1, 0.15) is 0 Å². The van der Waals surface area contributed by atoms with Crippen molar-refractivity contribution in [1.29, 1.82) is 0 Å². The van der Waals surface area contributed by atoms with Crippen molar-refractivity contribution in [2.75, 3.05) is 40.3 Å². The summed E-state index contributed by atoms with van der Waals surface area (Å²) in [6.07, 6.45) is 5.23. The highest BCUT2D eigenvalue weighted by molar-refractivity contribution is 5.84. The van der Waals surface area contributed by atoms with Crippen LogP contribution in [0, 0.1) is 5.41 Å². The zero-order chi connectivity index (χ0) is 19.2. The van der Waals surface area contributed by atoms with Crippen LogP contribution in [0.25, 0.3) is 0 Å². The van der Waals surface area contributed by atoms with Gasteiger partial charge in [-0.2, -0.15) is 0 Å². The predicted octanol–water partition coefficient (Wildman–Crippen LogP) is 1.16. The number of carbonyl (C=O) groups excluding carboxylic acids is 2. The predicted molar refractivity (Wildman–Crippen MR) is 101 cm³/mol. The standard InChI is InChI=1S/C18H33N5O3/c1-4-26-17(25)23-11-7-14(8-12-23)21-16(19)20-13-18(9-5-6-10-18)15(24)22(2)3/h14H,4-13H2,1-3H3,(H3,19,20,21). The lowest BCUT2D eigenvalue weighted by molar-refractivity contribution is -0.138. The number of nitrogens with one attached hydrogen (secondary N) is 1. The molecular weight excluding hydrogens is 334 g/mol. The van der Waals surface area contributed by atoms with Crippen LogP contribution in [0.4, 0.5) is 4.79 Å². The third-order valence-corrected chi connectivity index (χ3v) is 5.35. The number of hydrogen-bond donors (Lipinski definition) is 2. The van der Waals surface area contributed by atoms with Gasteiger partial charge in [0, 0.05) is 33.2 Å². The number of carbonyl (C=O) groups is 2. The second kappa shape index (κ2) is 9.09. The summed E-state index contributed by atoms with van der Waals surface area (Å²) in [5.41, 5.74) is 5.67. The maximum absolute atomic E-state index is 12.6. The Morgan fingerprint density at radius 3 is 2.42 bits per heavy atom. The van der Waals surface area contributed by atoms with E-state index in [-0.39, 0.29) is 18.0 Å². The van der Waals surface area contributed by atoms with Gasteiger partial charge in [0.05, 0.1) is 18.6 Å². The van der Waals surface area contributed by atoms with Crippen LogP contribution in [0.15, 0.2) is 4.99 Å². The van der Waals surface area contributed by atoms with Crippen LogP contribution >= 0.6 is 0 Å². The number of nitrogens with zero attached hydrogens (tertiary/aromatic N) is 3. The minimum absolute atomic E-state index is 0.147. The van der Waals surface area contributed by atoms with Crippen molar-refractivity contribution in [3.8, 4) is 0 Å². The van der Waals surface area contributed by atoms with Gasteiger partial charge in [-0.3, -0.25) is 9.79 Å². The van der Waals surface area contributed by atoms with Gasteiger partial charge in [-0.25, -0.2) is 4.79 Å². The highest BCUT2D eigenvalue weighted by Gasteiger charge is 2.42. The van der Waals surface area contributed by atoms with Crippen molar-refractivity contribution in [3.63, 3.8) is 0 Å². The van der Waals surface area contributed by atoms with Gasteiger partial charge < -0.3 is 25.6 Å². The van der Waals surface area contributed by atoms with E-state index in [1.54, 1.807) is 23.9 Å². The summed E-state index contributed by atoms with van der Waals surface area (Å²) in [5.74, 6) is 0.534. The molecule has 2 rings (SSSR count). The molecular formula is C18H33N5O3. The first kappa shape index (κ1) is 20.3. The monoisotopic (exact) mass is 367 g/mol. The van der Waals surface area contributed by atoms with Crippen LogP contribution in [0.3, 0.4) is 0 Å². The molecule has 0 aromatic carbocycles. The summed E-state index contributed by atoms with van der Waals surface area (Å²) in [5, 5.41) is 3.24. The fraction of sp³-hybridized carbons (Fsp3) is 0.833. The van der Waals surface area contributed by atoms with Gasteiger partial charge in [-0.05, 0) is 32.6 Å². The van der Waals surface area contributed by atoms with Crippen LogP contribution in [-0.2, 0) is 9.53 Å². The average Bonchev–Trinajstić information content (AvgIpc) is 3.10. The van der Waals surface area contributed by atoms with Gasteiger partial charge in [0.2, 0.25) is 5.91 Å². The normalized spacial score (nSPS) is 20.7. The minimum atomic E-state index is -0.400. The molecule has 1 heterocycles. The molecule has 1 aliphatic carbocycles. The number of nitrogens with two attached hydrogens (primary N) is 1. The van der Waals surface area contributed by atoms with Crippen LogP contribution in [0.1, 0.15) is 45.4 Å². The van der Waals surface area contributed by atoms with Crippen molar-refractivity contribution < 1.29 is 14.3 Å². The van der Waals surface area contributed by atoms with Crippen LogP contribution in [-0.4, -0.2) is 74.1 Å². The Morgan fingerprint density at radius 2 is 1.88 bits per heavy atom. The number of likely N-dealkylation sites (tertiary alicyclic amines) is 1. The Morgan fingerprint density at radius 1 is 1.27 bits per heavy atom. The molecule has 0 aromatic heterocycles. The van der Waals surface area contributed by atoms with Crippen molar-refractivity contribution in [1.82, 2.24) is 15.1 Å². The maximum Gasteiger partial charge on any atom is 0.409 e. The largest absolute Gasteiger partial charge is 0.450 e. The van der Waals surface area contributed by atoms with E-state index in [9.17, 15) is 9.59 Å². The number of ether oxygens (including phenoxy) is 1. The van der Waals surface area contributed by atoms with Crippen LogP contribution < -0.4 is 11.1 Å². The number of piperidine rings is 1. The lowest BCUT2D eigenvalue weighted by Gasteiger charge is -2.32.